The van der Waals surface area contributed by atoms with Gasteiger partial charge in [-0.15, -0.1) is 0 Å². The number of hydrogen-bond acceptors (Lipinski definition) is 10. The zero-order chi connectivity index (χ0) is 68.6. The first kappa shape index (κ1) is 89.9. The molecule has 1 amide bonds. The molecule has 1 saturated heterocycles. The lowest BCUT2D eigenvalue weighted by atomic mass is 9.99. The van der Waals surface area contributed by atoms with Crippen molar-refractivity contribution in [1.82, 2.24) is 5.32 Å². The Labute approximate surface area is 584 Å². The Morgan fingerprint density at radius 1 is 0.411 bits per heavy atom. The third kappa shape index (κ3) is 60.5. The monoisotopic (exact) mass is 1330 g/mol. The van der Waals surface area contributed by atoms with Crippen molar-refractivity contribution in [3.05, 3.63) is 85.1 Å². The fourth-order valence-corrected chi connectivity index (χ4v) is 12.5. The van der Waals surface area contributed by atoms with Gasteiger partial charge in [0, 0.05) is 12.8 Å². The van der Waals surface area contributed by atoms with Crippen LogP contribution in [-0.4, -0.2) is 100 Å². The maximum Gasteiger partial charge on any atom is 0.305 e. The van der Waals surface area contributed by atoms with Crippen molar-refractivity contribution in [2.24, 2.45) is 0 Å². The van der Waals surface area contributed by atoms with Crippen LogP contribution in [0.3, 0.4) is 0 Å². The number of esters is 1. The zero-order valence-corrected chi connectivity index (χ0v) is 61.6. The summed E-state index contributed by atoms with van der Waals surface area (Å²) in [6.07, 6.45) is 90.9. The largest absolute Gasteiger partial charge is 0.466 e. The van der Waals surface area contributed by atoms with Gasteiger partial charge in [0.05, 0.1) is 32.0 Å². The number of aliphatic hydroxyl groups excluding tert-OH is 5. The average molecular weight is 1340 g/mol. The van der Waals surface area contributed by atoms with Crippen LogP contribution in [0.15, 0.2) is 85.1 Å². The van der Waals surface area contributed by atoms with E-state index in [1.807, 2.05) is 19.1 Å². The van der Waals surface area contributed by atoms with E-state index in [9.17, 15) is 35.1 Å². The number of amides is 1. The molecule has 7 atom stereocenters. The maximum atomic E-state index is 13.0. The van der Waals surface area contributed by atoms with Crippen LogP contribution < -0.4 is 5.32 Å². The summed E-state index contributed by atoms with van der Waals surface area (Å²) in [6.45, 7) is 4.10. The summed E-state index contributed by atoms with van der Waals surface area (Å²) in [5, 5.41) is 54.3. The van der Waals surface area contributed by atoms with Gasteiger partial charge in [-0.1, -0.05) is 330 Å². The van der Waals surface area contributed by atoms with Crippen molar-refractivity contribution >= 4 is 11.9 Å². The highest BCUT2D eigenvalue weighted by molar-refractivity contribution is 5.76. The Morgan fingerprint density at radius 2 is 0.758 bits per heavy atom. The van der Waals surface area contributed by atoms with Crippen molar-refractivity contribution < 1.29 is 49.3 Å². The number of aliphatic hydroxyl groups is 5. The van der Waals surface area contributed by atoms with Crippen molar-refractivity contribution in [1.29, 1.82) is 0 Å². The summed E-state index contributed by atoms with van der Waals surface area (Å²) in [6, 6.07) is -0.832. The van der Waals surface area contributed by atoms with E-state index in [4.69, 9.17) is 14.2 Å². The summed E-state index contributed by atoms with van der Waals surface area (Å²) < 4.78 is 16.7. The lowest BCUT2D eigenvalue weighted by molar-refractivity contribution is -0.302. The van der Waals surface area contributed by atoms with Crippen LogP contribution in [-0.2, 0) is 23.8 Å². The molecule has 0 saturated carbocycles. The van der Waals surface area contributed by atoms with Gasteiger partial charge < -0.3 is 45.1 Å². The summed E-state index contributed by atoms with van der Waals surface area (Å²) in [5.41, 5.74) is 0. The molecule has 1 fully saturated rings. The van der Waals surface area contributed by atoms with Crippen LogP contribution in [0.4, 0.5) is 0 Å². The number of carbonyl (C=O) groups excluding carboxylic acids is 2. The second-order valence-corrected chi connectivity index (χ2v) is 27.8. The number of ether oxygens (including phenoxy) is 3. The summed E-state index contributed by atoms with van der Waals surface area (Å²) >= 11 is 0. The molecule has 1 aliphatic rings. The van der Waals surface area contributed by atoms with Gasteiger partial charge in [0.1, 0.15) is 24.4 Å². The van der Waals surface area contributed by atoms with E-state index in [1.54, 1.807) is 6.08 Å². The van der Waals surface area contributed by atoms with Crippen molar-refractivity contribution in [2.45, 2.75) is 416 Å². The second-order valence-electron chi connectivity index (χ2n) is 27.8. The first-order chi connectivity index (χ1) is 46.7. The smallest absolute Gasteiger partial charge is 0.305 e. The molecule has 0 spiro atoms. The van der Waals surface area contributed by atoms with Gasteiger partial charge in [-0.05, 0) is 116 Å². The van der Waals surface area contributed by atoms with E-state index >= 15 is 0 Å². The molecule has 1 rings (SSSR count). The molecule has 0 aromatic heterocycles. The first-order valence-corrected chi connectivity index (χ1v) is 40.3. The van der Waals surface area contributed by atoms with Gasteiger partial charge in [-0.3, -0.25) is 9.59 Å². The van der Waals surface area contributed by atoms with Gasteiger partial charge in [-0.25, -0.2) is 0 Å². The van der Waals surface area contributed by atoms with Gasteiger partial charge in [0.25, 0.3) is 0 Å². The maximum absolute atomic E-state index is 13.0. The Bertz CT molecular complexity index is 1860. The third-order valence-corrected chi connectivity index (χ3v) is 18.8. The molecule has 7 unspecified atom stereocenters. The van der Waals surface area contributed by atoms with E-state index in [1.165, 1.54) is 270 Å². The number of nitrogens with one attached hydrogen (secondary N) is 1. The number of allylic oxidation sites excluding steroid dienone is 13. The van der Waals surface area contributed by atoms with Gasteiger partial charge in [-0.2, -0.15) is 0 Å². The van der Waals surface area contributed by atoms with Crippen molar-refractivity contribution in [3.8, 4) is 0 Å². The molecule has 95 heavy (non-hydrogen) atoms. The Morgan fingerprint density at radius 3 is 1.16 bits per heavy atom. The number of carbonyl (C=O) groups is 2. The quantitative estimate of drug-likeness (QED) is 0.0195. The van der Waals surface area contributed by atoms with Crippen LogP contribution in [0.1, 0.15) is 373 Å². The number of hydrogen-bond donors (Lipinski definition) is 6. The van der Waals surface area contributed by atoms with Crippen LogP contribution in [0.25, 0.3) is 0 Å². The van der Waals surface area contributed by atoms with Crippen LogP contribution in [0, 0.1) is 0 Å². The van der Waals surface area contributed by atoms with E-state index in [-0.39, 0.29) is 18.5 Å². The number of unbranched alkanes of at least 4 members (excludes halogenated alkanes) is 46. The van der Waals surface area contributed by atoms with Gasteiger partial charge >= 0.3 is 5.97 Å². The predicted octanol–water partition coefficient (Wildman–Crippen LogP) is 22.0. The van der Waals surface area contributed by atoms with Crippen molar-refractivity contribution in [3.63, 3.8) is 0 Å². The molecule has 1 heterocycles. The molecule has 6 N–H and O–H groups in total. The molecule has 552 valence electrons. The lowest BCUT2D eigenvalue weighted by Crippen LogP contribution is -2.60. The lowest BCUT2D eigenvalue weighted by Gasteiger charge is -2.40. The van der Waals surface area contributed by atoms with E-state index in [0.29, 0.717) is 19.4 Å². The van der Waals surface area contributed by atoms with Crippen LogP contribution >= 0.6 is 0 Å². The fourth-order valence-electron chi connectivity index (χ4n) is 12.5. The Hall–Kier alpha value is -3.16. The molecule has 0 bridgehead atoms. The molecule has 0 aliphatic carbocycles. The molecule has 0 radical (unpaired) electrons. The number of rotatable bonds is 71. The minimum absolute atomic E-state index is 0.0103. The summed E-state index contributed by atoms with van der Waals surface area (Å²) in [7, 11) is 0. The van der Waals surface area contributed by atoms with E-state index in [2.05, 4.69) is 79.1 Å². The fraction of sp³-hybridized carbons (Fsp3) is 0.810. The van der Waals surface area contributed by atoms with Crippen LogP contribution in [0.2, 0.25) is 0 Å². The highest BCUT2D eigenvalue weighted by Gasteiger charge is 2.44. The van der Waals surface area contributed by atoms with Crippen molar-refractivity contribution in [2.75, 3.05) is 19.8 Å². The molecule has 11 heteroatoms. The molecule has 0 aromatic rings. The van der Waals surface area contributed by atoms with Crippen LogP contribution in [0.5, 0.6) is 0 Å². The zero-order valence-electron chi connectivity index (χ0n) is 61.6. The topological polar surface area (TPSA) is 175 Å². The Balaban J connectivity index is 1.85. The summed E-state index contributed by atoms with van der Waals surface area (Å²) in [5.74, 6) is -0.186. The van der Waals surface area contributed by atoms with Gasteiger partial charge in [0.2, 0.25) is 5.91 Å². The Kier molecular flexibility index (Phi) is 68.2. The van der Waals surface area contributed by atoms with E-state index < -0.39 is 49.5 Å². The summed E-state index contributed by atoms with van der Waals surface area (Å²) in [4.78, 5) is 25.2. The molecular weight excluding hydrogens is 1180 g/mol. The molecule has 11 nitrogen and oxygen atoms in total. The average Bonchev–Trinajstić information content (AvgIpc) is 0.834. The minimum Gasteiger partial charge on any atom is -0.466 e. The molecule has 0 aromatic carbocycles. The second kappa shape index (κ2) is 72.1. The highest BCUT2D eigenvalue weighted by atomic mass is 16.7. The normalized spacial score (nSPS) is 17.8. The van der Waals surface area contributed by atoms with Gasteiger partial charge in [0.15, 0.2) is 6.29 Å². The minimum atomic E-state index is -1.58. The molecular formula is C84H151NO10. The highest BCUT2D eigenvalue weighted by Crippen LogP contribution is 2.24. The first-order valence-electron chi connectivity index (χ1n) is 40.3. The SMILES string of the molecule is C/C=C/CC/C=C/CC/C=C/C(O)C(COC1OC(CO)C(O)C(O)C1O)NC(=O)CCCCCCCCCCCCCCCCCCC/C=C\C/C=C\CCCCCCCCCCCCCCCCCOC(=O)CCCCCCCCCCC/C=C\C/C=C\CCCCC. The standard InChI is InChI=1S/C84H151NO10/c1-3-5-7-9-11-13-14-15-16-17-39-43-46-49-52-56-60-64-68-72-80(89)93-73-69-65-61-57-53-50-47-44-41-38-36-34-32-30-28-26-24-22-20-18-19-21-23-25-27-29-31-33-35-37-40-42-45-48-51-55-59-63-67-71-79(88)85-76(77(87)70-66-62-58-54-12-10-8-6-4-2)75-94-84-83(92)82(91)81(90)78(74-86)95-84/h4,6,11-13,15-16,18-19,22,24,54,66,70,76-78,81-84,86-87,90-92H,3,5,7-10,14,17,20-21,23,25-53,55-65,67-69,71-75H2,1-2H3,(H,85,88)/b6-4+,13-11-,16-15-,19-18-,24-22-,54-12+,70-66+. The third-order valence-electron chi connectivity index (χ3n) is 18.8. The molecule has 1 aliphatic heterocycles. The van der Waals surface area contributed by atoms with E-state index in [0.717, 1.165) is 77.0 Å². The predicted molar refractivity (Wildman–Crippen MR) is 402 cm³/mol.